The van der Waals surface area contributed by atoms with Crippen molar-refractivity contribution >= 4 is 11.8 Å². The van der Waals surface area contributed by atoms with Gasteiger partial charge in [0.25, 0.3) is 0 Å². The minimum absolute atomic E-state index is 0.916. The molecule has 0 aliphatic heterocycles. The van der Waals surface area contributed by atoms with Crippen molar-refractivity contribution < 1.29 is 0 Å². The van der Waals surface area contributed by atoms with Crippen molar-refractivity contribution in [3.8, 4) is 5.69 Å². The Kier molecular flexibility index (Phi) is 2.54. The second kappa shape index (κ2) is 3.84. The molecule has 0 unspecified atom stereocenters. The lowest BCUT2D eigenvalue weighted by atomic mass is 10.2. The van der Waals surface area contributed by atoms with Crippen molar-refractivity contribution in [1.82, 2.24) is 14.8 Å². The molecular formula is C10H11N3S. The first kappa shape index (κ1) is 9.27. The Morgan fingerprint density at radius 3 is 2.79 bits per heavy atom. The molecule has 1 aromatic carbocycles. The van der Waals surface area contributed by atoms with E-state index in [0.29, 0.717) is 0 Å². The van der Waals surface area contributed by atoms with E-state index in [0.717, 1.165) is 10.8 Å². The van der Waals surface area contributed by atoms with Gasteiger partial charge in [0, 0.05) is 0 Å². The van der Waals surface area contributed by atoms with Crippen LogP contribution in [0.1, 0.15) is 5.56 Å². The van der Waals surface area contributed by atoms with Gasteiger partial charge in [0.1, 0.15) is 6.33 Å². The van der Waals surface area contributed by atoms with Crippen LogP contribution in [0.15, 0.2) is 35.7 Å². The van der Waals surface area contributed by atoms with E-state index in [2.05, 4.69) is 29.3 Å². The topological polar surface area (TPSA) is 30.7 Å². The summed E-state index contributed by atoms with van der Waals surface area (Å²) in [4.78, 5) is 0. The molecule has 0 saturated heterocycles. The van der Waals surface area contributed by atoms with Crippen LogP contribution in [0, 0.1) is 6.92 Å². The van der Waals surface area contributed by atoms with Crippen LogP contribution in [0.3, 0.4) is 0 Å². The van der Waals surface area contributed by atoms with Crippen LogP contribution in [-0.4, -0.2) is 21.0 Å². The van der Waals surface area contributed by atoms with Crippen molar-refractivity contribution in [1.29, 1.82) is 0 Å². The molecule has 0 amide bonds. The number of thioether (sulfide) groups is 1. The van der Waals surface area contributed by atoms with E-state index >= 15 is 0 Å². The number of para-hydroxylation sites is 1. The van der Waals surface area contributed by atoms with Gasteiger partial charge in [0.2, 0.25) is 0 Å². The molecule has 0 atom stereocenters. The molecule has 1 heterocycles. The Bertz CT molecular complexity index is 436. The Balaban J connectivity index is 2.54. The van der Waals surface area contributed by atoms with Gasteiger partial charge >= 0.3 is 0 Å². The fourth-order valence-electron chi connectivity index (χ4n) is 1.36. The maximum atomic E-state index is 4.03. The lowest BCUT2D eigenvalue weighted by molar-refractivity contribution is 0.880. The molecule has 1 aromatic heterocycles. The quantitative estimate of drug-likeness (QED) is 0.705. The maximum Gasteiger partial charge on any atom is 0.195 e. The highest BCUT2D eigenvalue weighted by atomic mass is 32.2. The fraction of sp³-hybridized carbons (Fsp3) is 0.200. The first-order chi connectivity index (χ1) is 6.83. The molecule has 0 bridgehead atoms. The molecule has 2 rings (SSSR count). The molecule has 72 valence electrons. The molecule has 0 N–H and O–H groups in total. The van der Waals surface area contributed by atoms with E-state index in [9.17, 15) is 0 Å². The minimum atomic E-state index is 0.916. The summed E-state index contributed by atoms with van der Waals surface area (Å²) in [6, 6.07) is 8.20. The van der Waals surface area contributed by atoms with Crippen LogP contribution in [0.2, 0.25) is 0 Å². The van der Waals surface area contributed by atoms with Gasteiger partial charge in [-0.1, -0.05) is 30.0 Å². The zero-order valence-corrected chi connectivity index (χ0v) is 8.95. The molecule has 4 heteroatoms. The standard InChI is InChI=1S/C10H11N3S/c1-8-5-3-4-6-9(8)13-7-11-12-10(13)14-2/h3-7H,1-2H3. The summed E-state index contributed by atoms with van der Waals surface area (Å²) in [7, 11) is 0. The SMILES string of the molecule is CSc1nncn1-c1ccccc1C. The van der Waals surface area contributed by atoms with E-state index in [1.165, 1.54) is 5.56 Å². The predicted octanol–water partition coefficient (Wildman–Crippen LogP) is 2.30. The fourth-order valence-corrected chi connectivity index (χ4v) is 1.83. The maximum absolute atomic E-state index is 4.03. The van der Waals surface area contributed by atoms with Gasteiger partial charge in [0.15, 0.2) is 5.16 Å². The summed E-state index contributed by atoms with van der Waals surface area (Å²) in [5.74, 6) is 0. The van der Waals surface area contributed by atoms with E-state index in [1.807, 2.05) is 23.0 Å². The van der Waals surface area contributed by atoms with Gasteiger partial charge in [0.05, 0.1) is 5.69 Å². The highest BCUT2D eigenvalue weighted by Gasteiger charge is 2.05. The van der Waals surface area contributed by atoms with Gasteiger partial charge in [-0.3, -0.25) is 4.57 Å². The first-order valence-electron chi connectivity index (χ1n) is 4.33. The third-order valence-corrected chi connectivity index (χ3v) is 2.72. The predicted molar refractivity (Wildman–Crippen MR) is 57.9 cm³/mol. The van der Waals surface area contributed by atoms with Crippen molar-refractivity contribution in [2.45, 2.75) is 12.1 Å². The van der Waals surface area contributed by atoms with Gasteiger partial charge in [-0.05, 0) is 24.8 Å². The minimum Gasteiger partial charge on any atom is -0.276 e. The summed E-state index contributed by atoms with van der Waals surface area (Å²) in [6.07, 6.45) is 3.74. The summed E-state index contributed by atoms with van der Waals surface area (Å²) in [5.41, 5.74) is 2.37. The number of rotatable bonds is 2. The molecule has 0 saturated carbocycles. The molecule has 14 heavy (non-hydrogen) atoms. The largest absolute Gasteiger partial charge is 0.276 e. The van der Waals surface area contributed by atoms with E-state index in [-0.39, 0.29) is 0 Å². The number of aromatic nitrogens is 3. The van der Waals surface area contributed by atoms with Gasteiger partial charge in [-0.2, -0.15) is 0 Å². The number of hydrogen-bond acceptors (Lipinski definition) is 3. The second-order valence-electron chi connectivity index (χ2n) is 2.97. The third kappa shape index (κ3) is 1.53. The van der Waals surface area contributed by atoms with Crippen LogP contribution < -0.4 is 0 Å². The molecular weight excluding hydrogens is 194 g/mol. The van der Waals surface area contributed by atoms with E-state index in [1.54, 1.807) is 18.1 Å². The average molecular weight is 205 g/mol. The number of benzene rings is 1. The zero-order chi connectivity index (χ0) is 9.97. The number of hydrogen-bond donors (Lipinski definition) is 0. The smallest absolute Gasteiger partial charge is 0.195 e. The van der Waals surface area contributed by atoms with Gasteiger partial charge in [-0.25, -0.2) is 0 Å². The molecule has 0 aliphatic carbocycles. The summed E-state index contributed by atoms with van der Waals surface area (Å²) in [5, 5.41) is 8.85. The van der Waals surface area contributed by atoms with Crippen LogP contribution in [0.4, 0.5) is 0 Å². The van der Waals surface area contributed by atoms with Crippen LogP contribution in [0.5, 0.6) is 0 Å². The highest BCUT2D eigenvalue weighted by molar-refractivity contribution is 7.98. The molecule has 0 fully saturated rings. The molecule has 0 radical (unpaired) electrons. The number of nitrogens with zero attached hydrogens (tertiary/aromatic N) is 3. The zero-order valence-electron chi connectivity index (χ0n) is 8.14. The number of aryl methyl sites for hydroxylation is 1. The van der Waals surface area contributed by atoms with Crippen molar-refractivity contribution in [3.63, 3.8) is 0 Å². The van der Waals surface area contributed by atoms with Crippen LogP contribution in [-0.2, 0) is 0 Å². The first-order valence-corrected chi connectivity index (χ1v) is 5.55. The van der Waals surface area contributed by atoms with Crippen LogP contribution in [0.25, 0.3) is 5.69 Å². The van der Waals surface area contributed by atoms with Gasteiger partial charge < -0.3 is 0 Å². The van der Waals surface area contributed by atoms with Crippen LogP contribution >= 0.6 is 11.8 Å². The Morgan fingerprint density at radius 1 is 1.29 bits per heavy atom. The Hall–Kier alpha value is -1.29. The average Bonchev–Trinajstić information content (AvgIpc) is 2.66. The molecule has 0 aliphatic rings. The lowest BCUT2D eigenvalue weighted by Crippen LogP contribution is -1.96. The van der Waals surface area contributed by atoms with Crippen molar-refractivity contribution in [2.75, 3.05) is 6.26 Å². The van der Waals surface area contributed by atoms with Crippen molar-refractivity contribution in [2.24, 2.45) is 0 Å². The summed E-state index contributed by atoms with van der Waals surface area (Å²) in [6.45, 7) is 2.08. The lowest BCUT2D eigenvalue weighted by Gasteiger charge is -2.07. The monoisotopic (exact) mass is 205 g/mol. The highest BCUT2D eigenvalue weighted by Crippen LogP contribution is 2.19. The summed E-state index contributed by atoms with van der Waals surface area (Å²) < 4.78 is 2.00. The molecule has 0 spiro atoms. The molecule has 2 aromatic rings. The Morgan fingerprint density at radius 2 is 2.07 bits per heavy atom. The van der Waals surface area contributed by atoms with Crippen molar-refractivity contribution in [3.05, 3.63) is 36.2 Å². The van der Waals surface area contributed by atoms with E-state index < -0.39 is 0 Å². The third-order valence-electron chi connectivity index (χ3n) is 2.07. The van der Waals surface area contributed by atoms with Gasteiger partial charge in [-0.15, -0.1) is 10.2 Å². The van der Waals surface area contributed by atoms with E-state index in [4.69, 9.17) is 0 Å². The Labute approximate surface area is 87.2 Å². The normalized spacial score (nSPS) is 10.4. The summed E-state index contributed by atoms with van der Waals surface area (Å²) >= 11 is 1.59. The molecule has 3 nitrogen and oxygen atoms in total. The second-order valence-corrected chi connectivity index (χ2v) is 3.75.